The number of rotatable bonds is 5. The molecule has 0 radical (unpaired) electrons. The summed E-state index contributed by atoms with van der Waals surface area (Å²) >= 11 is 1.68. The van der Waals surface area contributed by atoms with E-state index in [9.17, 15) is 9.00 Å². The quantitative estimate of drug-likeness (QED) is 0.906. The minimum absolute atomic E-state index is 0.0206. The van der Waals surface area contributed by atoms with Crippen molar-refractivity contribution in [3.8, 4) is 0 Å². The molecule has 2 aromatic rings. The van der Waals surface area contributed by atoms with Crippen LogP contribution in [-0.4, -0.2) is 28.2 Å². The smallest absolute Gasteiger partial charge is 0.237 e. The molecule has 1 aliphatic rings. The lowest BCUT2D eigenvalue weighted by Gasteiger charge is -2.24. The van der Waals surface area contributed by atoms with Gasteiger partial charge in [-0.2, -0.15) is 0 Å². The fourth-order valence-corrected chi connectivity index (χ4v) is 4.86. The molecule has 0 fully saturated rings. The maximum Gasteiger partial charge on any atom is 0.237 e. The minimum Gasteiger partial charge on any atom is -0.354 e. The molecule has 3 nitrogen and oxygen atoms in total. The molecule has 1 heterocycles. The van der Waals surface area contributed by atoms with Gasteiger partial charge in [-0.15, -0.1) is 11.8 Å². The second kappa shape index (κ2) is 7.79. The Bertz CT molecular complexity index is 703. The van der Waals surface area contributed by atoms with E-state index < -0.39 is 10.8 Å². The van der Waals surface area contributed by atoms with Gasteiger partial charge in [0.1, 0.15) is 5.25 Å². The Morgan fingerprint density at radius 2 is 1.87 bits per heavy atom. The van der Waals surface area contributed by atoms with Crippen molar-refractivity contribution < 1.29 is 9.00 Å². The first kappa shape index (κ1) is 16.3. The van der Waals surface area contributed by atoms with Crippen LogP contribution in [0.5, 0.6) is 0 Å². The molecule has 23 heavy (non-hydrogen) atoms. The fraction of sp³-hybridized carbons (Fsp3) is 0.278. The van der Waals surface area contributed by atoms with Gasteiger partial charge < -0.3 is 5.32 Å². The van der Waals surface area contributed by atoms with Gasteiger partial charge in [0.2, 0.25) is 5.91 Å². The van der Waals surface area contributed by atoms with E-state index >= 15 is 0 Å². The Morgan fingerprint density at radius 3 is 2.70 bits per heavy atom. The van der Waals surface area contributed by atoms with E-state index in [1.807, 2.05) is 48.5 Å². The zero-order chi connectivity index (χ0) is 16.1. The predicted octanol–water partition coefficient (Wildman–Crippen LogP) is 2.94. The van der Waals surface area contributed by atoms with Crippen molar-refractivity contribution in [3.05, 3.63) is 65.7 Å². The number of hydrogen-bond acceptors (Lipinski definition) is 3. The number of aryl methyl sites for hydroxylation is 1. The number of nitrogens with one attached hydrogen (secondary N) is 1. The fourth-order valence-electron chi connectivity index (χ4n) is 2.66. The Balaban J connectivity index is 1.55. The maximum atomic E-state index is 12.4. The highest BCUT2D eigenvalue weighted by atomic mass is 32.2. The molecule has 0 saturated carbocycles. The number of thioether (sulfide) groups is 1. The molecule has 0 aliphatic carbocycles. The topological polar surface area (TPSA) is 46.2 Å². The predicted molar refractivity (Wildman–Crippen MR) is 96.1 cm³/mol. The van der Waals surface area contributed by atoms with Crippen molar-refractivity contribution in [1.82, 2.24) is 5.32 Å². The van der Waals surface area contributed by atoms with Gasteiger partial charge in [0, 0.05) is 17.2 Å². The van der Waals surface area contributed by atoms with Gasteiger partial charge in [-0.25, -0.2) is 0 Å². The van der Waals surface area contributed by atoms with Crippen molar-refractivity contribution in [1.29, 1.82) is 0 Å². The Morgan fingerprint density at radius 1 is 1.13 bits per heavy atom. The molecule has 1 N–H and O–H groups in total. The molecule has 1 aliphatic heterocycles. The largest absolute Gasteiger partial charge is 0.354 e. The summed E-state index contributed by atoms with van der Waals surface area (Å²) in [7, 11) is -1.07. The van der Waals surface area contributed by atoms with Crippen molar-refractivity contribution in [3.63, 3.8) is 0 Å². The Kier molecular flexibility index (Phi) is 5.51. The van der Waals surface area contributed by atoms with Gasteiger partial charge >= 0.3 is 0 Å². The molecule has 0 unspecified atom stereocenters. The molecule has 2 atom stereocenters. The third kappa shape index (κ3) is 4.03. The first-order valence-electron chi connectivity index (χ1n) is 7.66. The lowest BCUT2D eigenvalue weighted by molar-refractivity contribution is -0.120. The first-order valence-corrected chi connectivity index (χ1v) is 10.0. The highest BCUT2D eigenvalue weighted by Crippen LogP contribution is 2.36. The molecule has 0 spiro atoms. The minimum atomic E-state index is -1.07. The molecular weight excluding hydrogens is 326 g/mol. The van der Waals surface area contributed by atoms with E-state index in [0.717, 1.165) is 22.6 Å². The van der Waals surface area contributed by atoms with Gasteiger partial charge in [0.15, 0.2) is 0 Å². The van der Waals surface area contributed by atoms with Crippen molar-refractivity contribution in [2.24, 2.45) is 0 Å². The standard InChI is InChI=1S/C18H19NO2S2/c20-18(17-16-9-5-4-6-14(16)10-12-22-17)19-11-13-23(21)15-7-2-1-3-8-15/h1-9,17H,10-13H2,(H,19,20)/t17-,23-/m1/s1. The SMILES string of the molecule is O=C(NCC[S@@](=O)c1ccccc1)[C@@H]1SCCc2ccccc21. The van der Waals surface area contributed by atoms with E-state index in [1.54, 1.807) is 11.8 Å². The van der Waals surface area contributed by atoms with Crippen molar-refractivity contribution in [2.75, 3.05) is 18.1 Å². The lowest BCUT2D eigenvalue weighted by Crippen LogP contribution is -2.32. The summed E-state index contributed by atoms with van der Waals surface area (Å²) in [6.45, 7) is 0.430. The summed E-state index contributed by atoms with van der Waals surface area (Å²) in [4.78, 5) is 13.3. The first-order chi connectivity index (χ1) is 11.3. The highest BCUT2D eigenvalue weighted by Gasteiger charge is 2.26. The van der Waals surface area contributed by atoms with Gasteiger partial charge in [-0.1, -0.05) is 42.5 Å². The van der Waals surface area contributed by atoms with Gasteiger partial charge in [0.05, 0.1) is 10.8 Å². The summed E-state index contributed by atoms with van der Waals surface area (Å²) in [5.74, 6) is 1.42. The number of hydrogen-bond donors (Lipinski definition) is 1. The summed E-state index contributed by atoms with van der Waals surface area (Å²) in [5, 5.41) is 2.79. The molecule has 2 aromatic carbocycles. The normalized spacial score (nSPS) is 18.0. The molecule has 0 bridgehead atoms. The Labute approximate surface area is 143 Å². The van der Waals surface area contributed by atoms with E-state index in [0.29, 0.717) is 12.3 Å². The second-order valence-electron chi connectivity index (χ2n) is 5.35. The number of fused-ring (bicyclic) bond motifs is 1. The average Bonchev–Trinajstić information content (AvgIpc) is 2.61. The van der Waals surface area contributed by atoms with Crippen LogP contribution in [0.15, 0.2) is 59.5 Å². The zero-order valence-electron chi connectivity index (χ0n) is 12.7. The number of benzene rings is 2. The van der Waals surface area contributed by atoms with Crippen LogP contribution >= 0.6 is 11.8 Å². The van der Waals surface area contributed by atoms with Crippen LogP contribution in [-0.2, 0) is 22.0 Å². The van der Waals surface area contributed by atoms with Crippen LogP contribution in [0.4, 0.5) is 0 Å². The maximum absolute atomic E-state index is 12.4. The van der Waals surface area contributed by atoms with Crippen LogP contribution in [0.1, 0.15) is 16.4 Å². The van der Waals surface area contributed by atoms with Crippen molar-refractivity contribution in [2.45, 2.75) is 16.6 Å². The summed E-state index contributed by atoms with van der Waals surface area (Å²) in [5.41, 5.74) is 2.38. The molecule has 5 heteroatoms. The third-order valence-corrected chi connectivity index (χ3v) is 6.44. The number of amides is 1. The average molecular weight is 345 g/mol. The van der Waals surface area contributed by atoms with Gasteiger partial charge in [-0.3, -0.25) is 9.00 Å². The second-order valence-corrected chi connectivity index (χ2v) is 8.14. The van der Waals surface area contributed by atoms with E-state index in [4.69, 9.17) is 0 Å². The van der Waals surface area contributed by atoms with Crippen LogP contribution < -0.4 is 5.32 Å². The summed E-state index contributed by atoms with van der Waals surface area (Å²) in [6.07, 6.45) is 1.02. The third-order valence-electron chi connectivity index (χ3n) is 3.82. The van der Waals surface area contributed by atoms with E-state index in [1.165, 1.54) is 5.56 Å². The monoisotopic (exact) mass is 345 g/mol. The van der Waals surface area contributed by atoms with Crippen LogP contribution in [0.3, 0.4) is 0 Å². The molecule has 0 saturated heterocycles. The molecule has 1 amide bonds. The zero-order valence-corrected chi connectivity index (χ0v) is 14.4. The van der Waals surface area contributed by atoms with E-state index in [-0.39, 0.29) is 11.2 Å². The van der Waals surface area contributed by atoms with Gasteiger partial charge in [0.25, 0.3) is 0 Å². The highest BCUT2D eigenvalue weighted by molar-refractivity contribution is 8.00. The number of carbonyl (C=O) groups excluding carboxylic acids is 1. The van der Waals surface area contributed by atoms with Crippen molar-refractivity contribution >= 4 is 28.5 Å². The molecule has 120 valence electrons. The van der Waals surface area contributed by atoms with Crippen LogP contribution in [0.25, 0.3) is 0 Å². The summed E-state index contributed by atoms with van der Waals surface area (Å²) < 4.78 is 12.2. The summed E-state index contributed by atoms with van der Waals surface area (Å²) in [6, 6.07) is 17.5. The molecule has 0 aromatic heterocycles. The van der Waals surface area contributed by atoms with Gasteiger partial charge in [-0.05, 0) is 35.4 Å². The Hall–Kier alpha value is -1.59. The molecule has 3 rings (SSSR count). The number of carbonyl (C=O) groups is 1. The molecular formula is C18H19NO2S2. The van der Waals surface area contributed by atoms with E-state index in [2.05, 4.69) is 11.4 Å². The van der Waals surface area contributed by atoms with Crippen LogP contribution in [0, 0.1) is 0 Å². The van der Waals surface area contributed by atoms with Crippen LogP contribution in [0.2, 0.25) is 0 Å². The lowest BCUT2D eigenvalue weighted by atomic mass is 10.0.